The van der Waals surface area contributed by atoms with E-state index in [0.717, 1.165) is 0 Å². The van der Waals surface area contributed by atoms with Gasteiger partial charge < -0.3 is 10.6 Å². The minimum absolute atomic E-state index is 0.115. The molecule has 0 spiro atoms. The fraction of sp³-hybridized carbons (Fsp3) is 0. The molecule has 3 aromatic rings. The van der Waals surface area contributed by atoms with Crippen molar-refractivity contribution in [2.75, 3.05) is 10.6 Å². The number of hydrogen-bond donors (Lipinski definition) is 2. The first kappa shape index (κ1) is 30.9. The van der Waals surface area contributed by atoms with Crippen LogP contribution in [-0.2, 0) is 0 Å². The number of pyridine rings is 1. The standard InChI is InChI=1S/C17H7N11O16/c29-21(30)6-1-8(23(33)34)14(9(2-6)24(35)36)18-16-12(27(41)42)5-13(28(43)44)17(20-16)19-15-10(25(37)38)3-7(22(31)32)4-11(15)26(39)40/h1-5H,(H2,18,19,20). The molecule has 0 aliphatic carbocycles. The van der Waals surface area contributed by atoms with Crippen molar-refractivity contribution >= 4 is 68.5 Å². The first-order valence-corrected chi connectivity index (χ1v) is 10.5. The van der Waals surface area contributed by atoms with Gasteiger partial charge in [-0.2, -0.15) is 4.98 Å². The van der Waals surface area contributed by atoms with Crippen molar-refractivity contribution in [3.05, 3.63) is 111 Å². The van der Waals surface area contributed by atoms with E-state index in [2.05, 4.69) is 4.98 Å². The van der Waals surface area contributed by atoms with Gasteiger partial charge in [0.25, 0.3) is 11.4 Å². The molecule has 0 aliphatic heterocycles. The molecule has 0 saturated carbocycles. The van der Waals surface area contributed by atoms with Crippen LogP contribution in [0.5, 0.6) is 0 Å². The van der Waals surface area contributed by atoms with Crippen LogP contribution in [0.3, 0.4) is 0 Å². The Hall–Kier alpha value is -7.61. The number of non-ortho nitro benzene ring substituents is 2. The van der Waals surface area contributed by atoms with Crippen LogP contribution in [0.1, 0.15) is 0 Å². The lowest BCUT2D eigenvalue weighted by atomic mass is 10.2. The first-order chi connectivity index (χ1) is 20.4. The van der Waals surface area contributed by atoms with Crippen molar-refractivity contribution in [1.29, 1.82) is 0 Å². The van der Waals surface area contributed by atoms with Crippen molar-refractivity contribution in [3.8, 4) is 0 Å². The molecule has 226 valence electrons. The summed E-state index contributed by atoms with van der Waals surface area (Å²) in [4.78, 5) is 84.9. The van der Waals surface area contributed by atoms with Crippen molar-refractivity contribution in [2.45, 2.75) is 0 Å². The third kappa shape index (κ3) is 5.93. The van der Waals surface area contributed by atoms with Crippen LogP contribution in [0.25, 0.3) is 0 Å². The predicted octanol–water partition coefficient (Wildman–Crippen LogP) is 3.83. The summed E-state index contributed by atoms with van der Waals surface area (Å²) >= 11 is 0. The maximum Gasteiger partial charge on any atom is 0.318 e. The second-order valence-electron chi connectivity index (χ2n) is 7.75. The normalized spacial score (nSPS) is 10.4. The Morgan fingerprint density at radius 1 is 0.386 bits per heavy atom. The average molecular weight is 621 g/mol. The monoisotopic (exact) mass is 621 g/mol. The number of hydrogen-bond acceptors (Lipinski definition) is 19. The fourth-order valence-corrected chi connectivity index (χ4v) is 3.43. The molecule has 2 N–H and O–H groups in total. The summed E-state index contributed by atoms with van der Waals surface area (Å²) in [5.41, 5.74) is -13.1. The summed E-state index contributed by atoms with van der Waals surface area (Å²) in [7, 11) is 0. The topological polar surface area (TPSA) is 382 Å². The Labute approximate surface area is 235 Å². The number of benzene rings is 2. The maximum atomic E-state index is 11.7. The molecule has 1 aromatic heterocycles. The van der Waals surface area contributed by atoms with Gasteiger partial charge >= 0.3 is 34.1 Å². The highest BCUT2D eigenvalue weighted by Gasteiger charge is 2.36. The quantitative estimate of drug-likeness (QED) is 0.214. The molecule has 44 heavy (non-hydrogen) atoms. The fourth-order valence-electron chi connectivity index (χ4n) is 3.43. The molecule has 0 aliphatic rings. The van der Waals surface area contributed by atoms with Crippen LogP contribution in [0, 0.1) is 80.9 Å². The number of nitrogens with zero attached hydrogens (tertiary/aromatic N) is 9. The molecule has 0 amide bonds. The van der Waals surface area contributed by atoms with E-state index in [9.17, 15) is 80.9 Å². The Morgan fingerprint density at radius 3 is 0.841 bits per heavy atom. The lowest BCUT2D eigenvalue weighted by molar-refractivity contribution is -0.402. The molecule has 0 fully saturated rings. The highest BCUT2D eigenvalue weighted by atomic mass is 16.7. The summed E-state index contributed by atoms with van der Waals surface area (Å²) < 4.78 is 0. The largest absolute Gasteiger partial charge is 0.323 e. The van der Waals surface area contributed by atoms with E-state index in [1.165, 1.54) is 0 Å². The van der Waals surface area contributed by atoms with Crippen LogP contribution in [0.4, 0.5) is 68.5 Å². The number of aromatic nitrogens is 1. The average Bonchev–Trinajstić information content (AvgIpc) is 2.91. The number of rotatable bonds is 12. The van der Waals surface area contributed by atoms with Crippen molar-refractivity contribution in [1.82, 2.24) is 4.98 Å². The van der Waals surface area contributed by atoms with E-state index in [0.29, 0.717) is 0 Å². The van der Waals surface area contributed by atoms with Crippen LogP contribution >= 0.6 is 0 Å². The van der Waals surface area contributed by atoms with E-state index in [1.807, 2.05) is 10.6 Å². The number of nitro groups is 8. The molecular weight excluding hydrogens is 614 g/mol. The molecular formula is C17H7N11O16. The lowest BCUT2D eigenvalue weighted by Gasteiger charge is -2.11. The van der Waals surface area contributed by atoms with Gasteiger partial charge in [-0.1, -0.05) is 0 Å². The van der Waals surface area contributed by atoms with E-state index in [4.69, 9.17) is 0 Å². The molecule has 0 unspecified atom stereocenters. The van der Waals surface area contributed by atoms with E-state index in [-0.39, 0.29) is 30.3 Å². The van der Waals surface area contributed by atoms with Crippen molar-refractivity contribution in [2.24, 2.45) is 0 Å². The highest BCUT2D eigenvalue weighted by molar-refractivity contribution is 5.87. The lowest BCUT2D eigenvalue weighted by Crippen LogP contribution is -2.10. The molecule has 27 nitrogen and oxygen atoms in total. The van der Waals surface area contributed by atoms with Crippen LogP contribution in [-0.4, -0.2) is 44.4 Å². The minimum Gasteiger partial charge on any atom is -0.323 e. The number of anilines is 4. The molecule has 1 heterocycles. The molecule has 3 rings (SSSR count). The van der Waals surface area contributed by atoms with Gasteiger partial charge in [0.05, 0.1) is 63.7 Å². The highest BCUT2D eigenvalue weighted by Crippen LogP contribution is 2.45. The third-order valence-electron chi connectivity index (χ3n) is 5.23. The Morgan fingerprint density at radius 2 is 0.636 bits per heavy atom. The van der Waals surface area contributed by atoms with Crippen LogP contribution in [0.2, 0.25) is 0 Å². The SMILES string of the molecule is O=[N+]([O-])c1cc([N+](=O)[O-])c(Nc2nc(Nc3c([N+](=O)[O-])cc([N+](=O)[O-])cc3[N+](=O)[O-])c([N+](=O)[O-])cc2[N+](=O)[O-])c([N+](=O)[O-])c1. The van der Waals surface area contributed by atoms with E-state index >= 15 is 0 Å². The second kappa shape index (κ2) is 11.5. The minimum atomic E-state index is -1.39. The van der Waals surface area contributed by atoms with Gasteiger partial charge in [0.2, 0.25) is 11.6 Å². The summed E-state index contributed by atoms with van der Waals surface area (Å²) in [6, 6.07) is 1.04. The van der Waals surface area contributed by atoms with E-state index < -0.39 is 108 Å². The van der Waals surface area contributed by atoms with Gasteiger partial charge in [-0.25, -0.2) is 0 Å². The van der Waals surface area contributed by atoms with Gasteiger partial charge in [0, 0.05) is 0 Å². The van der Waals surface area contributed by atoms with E-state index in [1.54, 1.807) is 0 Å². The number of nitrogens with one attached hydrogen (secondary N) is 2. The predicted molar refractivity (Wildman–Crippen MR) is 137 cm³/mol. The zero-order valence-electron chi connectivity index (χ0n) is 20.4. The first-order valence-electron chi connectivity index (χ1n) is 10.5. The summed E-state index contributed by atoms with van der Waals surface area (Å²) in [5, 5.41) is 95.7. The zero-order chi connectivity index (χ0) is 33.2. The zero-order valence-corrected chi connectivity index (χ0v) is 20.4. The van der Waals surface area contributed by atoms with Crippen molar-refractivity contribution in [3.63, 3.8) is 0 Å². The van der Waals surface area contributed by atoms with Crippen LogP contribution in [0.15, 0.2) is 30.3 Å². The molecule has 0 atom stereocenters. The summed E-state index contributed by atoms with van der Waals surface area (Å²) in [6.07, 6.45) is 0. The smallest absolute Gasteiger partial charge is 0.318 e. The molecule has 0 bridgehead atoms. The maximum absolute atomic E-state index is 11.7. The Bertz CT molecular complexity index is 1660. The third-order valence-corrected chi connectivity index (χ3v) is 5.23. The van der Waals surface area contributed by atoms with Gasteiger partial charge in [0.15, 0.2) is 11.4 Å². The van der Waals surface area contributed by atoms with Gasteiger partial charge in [0.1, 0.15) is 6.07 Å². The van der Waals surface area contributed by atoms with Gasteiger partial charge in [-0.05, 0) is 0 Å². The number of nitro benzene ring substituents is 6. The Balaban J connectivity index is 2.39. The molecule has 0 saturated heterocycles. The van der Waals surface area contributed by atoms with Crippen molar-refractivity contribution < 1.29 is 39.4 Å². The Kier molecular flexibility index (Phi) is 8.07. The molecule has 2 aromatic carbocycles. The summed E-state index contributed by atoms with van der Waals surface area (Å²) in [5.74, 6) is -2.54. The van der Waals surface area contributed by atoms with Gasteiger partial charge in [-0.3, -0.25) is 80.9 Å². The van der Waals surface area contributed by atoms with Gasteiger partial charge in [-0.15, -0.1) is 0 Å². The molecule has 27 heteroatoms. The summed E-state index contributed by atoms with van der Waals surface area (Å²) in [6.45, 7) is 0. The molecule has 0 radical (unpaired) electrons. The van der Waals surface area contributed by atoms with Crippen LogP contribution < -0.4 is 10.6 Å². The second-order valence-corrected chi connectivity index (χ2v) is 7.75.